The van der Waals surface area contributed by atoms with Gasteiger partial charge in [0, 0.05) is 28.3 Å². The van der Waals surface area contributed by atoms with Crippen LogP contribution in [0.2, 0.25) is 0 Å². The zero-order chi connectivity index (χ0) is 12.5. The Morgan fingerprint density at radius 1 is 1.33 bits per heavy atom. The first-order valence-electron chi connectivity index (χ1n) is 6.00. The summed E-state index contributed by atoms with van der Waals surface area (Å²) < 4.78 is 0.929. The van der Waals surface area contributed by atoms with Gasteiger partial charge < -0.3 is 5.73 Å². The van der Waals surface area contributed by atoms with Crippen LogP contribution in [0.5, 0.6) is 0 Å². The third-order valence-electron chi connectivity index (χ3n) is 3.10. The van der Waals surface area contributed by atoms with Gasteiger partial charge in [-0.1, -0.05) is 0 Å². The van der Waals surface area contributed by atoms with E-state index < -0.39 is 0 Å². The van der Waals surface area contributed by atoms with Crippen molar-refractivity contribution < 1.29 is 4.84 Å². The highest BCUT2D eigenvalue weighted by Crippen LogP contribution is 2.32. The van der Waals surface area contributed by atoms with Crippen LogP contribution < -0.4 is 10.8 Å². The lowest BCUT2D eigenvalue weighted by atomic mass is 10.1. The molecule has 2 aromatic rings. The number of nitrogen functional groups attached to an aromatic ring is 1. The standard InChI is InChI=1S/C13H14BrN3O/c14-9-7-10-11(15)3-4-12(13(10)16-8-9)17-5-1-2-6-18-17/h3-4,7-8H,1-2,5-6,15H2. The van der Waals surface area contributed by atoms with Gasteiger partial charge in [-0.2, -0.15) is 0 Å². The molecule has 0 spiro atoms. The van der Waals surface area contributed by atoms with Crippen molar-refractivity contribution in [1.82, 2.24) is 4.98 Å². The Bertz CT molecular complexity index is 582. The van der Waals surface area contributed by atoms with Gasteiger partial charge in [0.25, 0.3) is 0 Å². The molecule has 0 unspecified atom stereocenters. The molecule has 1 saturated heterocycles. The fourth-order valence-electron chi connectivity index (χ4n) is 2.19. The SMILES string of the molecule is Nc1ccc(N2CCCCO2)c2ncc(Br)cc12. The maximum absolute atomic E-state index is 6.00. The molecule has 5 heteroatoms. The monoisotopic (exact) mass is 307 g/mol. The number of fused-ring (bicyclic) bond motifs is 1. The van der Waals surface area contributed by atoms with E-state index in [0.717, 1.165) is 52.7 Å². The second-order valence-electron chi connectivity index (χ2n) is 4.37. The van der Waals surface area contributed by atoms with Crippen LogP contribution in [0.1, 0.15) is 12.8 Å². The maximum Gasteiger partial charge on any atom is 0.0980 e. The molecule has 0 bridgehead atoms. The molecule has 2 heterocycles. The molecule has 1 aromatic heterocycles. The third kappa shape index (κ3) is 2.04. The molecule has 0 aliphatic carbocycles. The van der Waals surface area contributed by atoms with E-state index in [9.17, 15) is 0 Å². The predicted molar refractivity (Wildman–Crippen MR) is 76.4 cm³/mol. The van der Waals surface area contributed by atoms with Gasteiger partial charge in [0.2, 0.25) is 0 Å². The number of nitrogens with zero attached hydrogens (tertiary/aromatic N) is 2. The van der Waals surface area contributed by atoms with Gasteiger partial charge >= 0.3 is 0 Å². The number of hydrogen-bond acceptors (Lipinski definition) is 4. The number of nitrogens with two attached hydrogens (primary N) is 1. The molecule has 4 nitrogen and oxygen atoms in total. The molecule has 3 rings (SSSR count). The lowest BCUT2D eigenvalue weighted by Crippen LogP contribution is -2.30. The summed E-state index contributed by atoms with van der Waals surface area (Å²) in [6.45, 7) is 1.67. The van der Waals surface area contributed by atoms with Crippen LogP contribution in [0.4, 0.5) is 11.4 Å². The third-order valence-corrected chi connectivity index (χ3v) is 3.53. The Hall–Kier alpha value is -1.33. The summed E-state index contributed by atoms with van der Waals surface area (Å²) in [5.41, 5.74) is 8.62. The largest absolute Gasteiger partial charge is 0.398 e. The summed E-state index contributed by atoms with van der Waals surface area (Å²) in [7, 11) is 0. The summed E-state index contributed by atoms with van der Waals surface area (Å²) in [5, 5.41) is 2.88. The van der Waals surface area contributed by atoms with E-state index in [1.54, 1.807) is 6.20 Å². The Balaban J connectivity index is 2.14. The first-order chi connectivity index (χ1) is 8.75. The van der Waals surface area contributed by atoms with Crippen LogP contribution in [0.3, 0.4) is 0 Å². The Morgan fingerprint density at radius 3 is 3.00 bits per heavy atom. The summed E-state index contributed by atoms with van der Waals surface area (Å²) in [4.78, 5) is 10.2. The van der Waals surface area contributed by atoms with Crippen molar-refractivity contribution in [3.05, 3.63) is 28.9 Å². The van der Waals surface area contributed by atoms with Gasteiger partial charge in [0.15, 0.2) is 0 Å². The first-order valence-corrected chi connectivity index (χ1v) is 6.79. The molecule has 18 heavy (non-hydrogen) atoms. The van der Waals surface area contributed by atoms with Crippen molar-refractivity contribution in [2.75, 3.05) is 23.9 Å². The van der Waals surface area contributed by atoms with Crippen molar-refractivity contribution in [3.8, 4) is 0 Å². The van der Waals surface area contributed by atoms with Gasteiger partial charge in [-0.05, 0) is 47.0 Å². The minimum Gasteiger partial charge on any atom is -0.398 e. The topological polar surface area (TPSA) is 51.4 Å². The van der Waals surface area contributed by atoms with E-state index in [1.807, 2.05) is 23.3 Å². The average Bonchev–Trinajstić information content (AvgIpc) is 2.41. The van der Waals surface area contributed by atoms with Crippen LogP contribution >= 0.6 is 15.9 Å². The number of anilines is 2. The van der Waals surface area contributed by atoms with E-state index in [-0.39, 0.29) is 0 Å². The molecular weight excluding hydrogens is 294 g/mol. The number of hydrogen-bond donors (Lipinski definition) is 1. The fourth-order valence-corrected chi connectivity index (χ4v) is 2.52. The predicted octanol–water partition coefficient (Wildman–Crippen LogP) is 3.11. The number of aromatic nitrogens is 1. The van der Waals surface area contributed by atoms with Crippen molar-refractivity contribution in [2.45, 2.75) is 12.8 Å². The van der Waals surface area contributed by atoms with Crippen molar-refractivity contribution >= 4 is 38.2 Å². The quantitative estimate of drug-likeness (QED) is 0.823. The van der Waals surface area contributed by atoms with Gasteiger partial charge in [-0.3, -0.25) is 14.9 Å². The zero-order valence-corrected chi connectivity index (χ0v) is 11.5. The van der Waals surface area contributed by atoms with Crippen LogP contribution in [-0.2, 0) is 4.84 Å². The molecule has 2 N–H and O–H groups in total. The average molecular weight is 308 g/mol. The number of halogens is 1. The summed E-state index contributed by atoms with van der Waals surface area (Å²) in [6.07, 6.45) is 4.04. The van der Waals surface area contributed by atoms with E-state index >= 15 is 0 Å². The molecule has 1 aliphatic rings. The minimum absolute atomic E-state index is 0.736. The highest BCUT2D eigenvalue weighted by molar-refractivity contribution is 9.10. The minimum atomic E-state index is 0.736. The Kier molecular flexibility index (Phi) is 3.09. The number of hydroxylamine groups is 1. The Labute approximate surface area is 114 Å². The summed E-state index contributed by atoms with van der Waals surface area (Å²) >= 11 is 3.42. The summed E-state index contributed by atoms with van der Waals surface area (Å²) in [6, 6.07) is 5.87. The number of rotatable bonds is 1. The smallest absolute Gasteiger partial charge is 0.0980 e. The second-order valence-corrected chi connectivity index (χ2v) is 5.28. The summed E-state index contributed by atoms with van der Waals surface area (Å²) in [5.74, 6) is 0. The van der Waals surface area contributed by atoms with Crippen LogP contribution in [0, 0.1) is 0 Å². The molecule has 0 saturated carbocycles. The zero-order valence-electron chi connectivity index (χ0n) is 9.90. The van der Waals surface area contributed by atoms with E-state index in [2.05, 4.69) is 20.9 Å². The van der Waals surface area contributed by atoms with Gasteiger partial charge in [-0.15, -0.1) is 0 Å². The lowest BCUT2D eigenvalue weighted by Gasteiger charge is -2.28. The maximum atomic E-state index is 6.00. The van der Waals surface area contributed by atoms with Crippen molar-refractivity contribution in [1.29, 1.82) is 0 Å². The van der Waals surface area contributed by atoms with Crippen LogP contribution in [-0.4, -0.2) is 18.1 Å². The van der Waals surface area contributed by atoms with Crippen molar-refractivity contribution in [2.24, 2.45) is 0 Å². The fraction of sp³-hybridized carbons (Fsp3) is 0.308. The van der Waals surface area contributed by atoms with Crippen LogP contribution in [0.15, 0.2) is 28.9 Å². The van der Waals surface area contributed by atoms with E-state index in [4.69, 9.17) is 10.6 Å². The van der Waals surface area contributed by atoms with Crippen molar-refractivity contribution in [3.63, 3.8) is 0 Å². The first kappa shape index (κ1) is 11.7. The van der Waals surface area contributed by atoms with E-state index in [0.29, 0.717) is 0 Å². The molecule has 1 fully saturated rings. The van der Waals surface area contributed by atoms with Gasteiger partial charge in [0.05, 0.1) is 17.8 Å². The lowest BCUT2D eigenvalue weighted by molar-refractivity contribution is 0.0783. The van der Waals surface area contributed by atoms with Gasteiger partial charge in [-0.25, -0.2) is 0 Å². The van der Waals surface area contributed by atoms with Crippen LogP contribution in [0.25, 0.3) is 10.9 Å². The number of pyridine rings is 1. The molecular formula is C13H14BrN3O. The molecule has 0 radical (unpaired) electrons. The molecule has 0 atom stereocenters. The highest BCUT2D eigenvalue weighted by atomic mass is 79.9. The molecule has 1 aliphatic heterocycles. The normalized spacial score (nSPS) is 16.2. The molecule has 1 aromatic carbocycles. The van der Waals surface area contributed by atoms with E-state index in [1.165, 1.54) is 0 Å². The Morgan fingerprint density at radius 2 is 2.22 bits per heavy atom. The molecule has 94 valence electrons. The van der Waals surface area contributed by atoms with Gasteiger partial charge in [0.1, 0.15) is 0 Å². The molecule has 0 amide bonds. The highest BCUT2D eigenvalue weighted by Gasteiger charge is 2.16. The second kappa shape index (κ2) is 4.74. The number of benzene rings is 1.